The van der Waals surface area contributed by atoms with Crippen molar-refractivity contribution in [3.63, 3.8) is 0 Å². The van der Waals surface area contributed by atoms with Crippen LogP contribution in [0, 0.1) is 6.92 Å². The molecule has 1 saturated carbocycles. The number of thiazole rings is 1. The highest BCUT2D eigenvalue weighted by Crippen LogP contribution is 2.39. The Bertz CT molecular complexity index is 263. The number of rotatable bonds is 1. The van der Waals surface area contributed by atoms with E-state index in [-0.39, 0.29) is 0 Å². The summed E-state index contributed by atoms with van der Waals surface area (Å²) in [5.41, 5.74) is 6.87. The molecule has 0 atom stereocenters. The Morgan fingerprint density at radius 1 is 1.55 bits per heavy atom. The summed E-state index contributed by atoms with van der Waals surface area (Å²) in [7, 11) is 0. The second-order valence-electron chi connectivity index (χ2n) is 3.12. The van der Waals surface area contributed by atoms with Crippen molar-refractivity contribution in [2.45, 2.75) is 32.1 Å². The van der Waals surface area contributed by atoms with Gasteiger partial charge in [-0.05, 0) is 19.8 Å². The third-order valence-corrected chi connectivity index (χ3v) is 3.16. The maximum absolute atomic E-state index is 5.60. The van der Waals surface area contributed by atoms with Crippen LogP contribution in [0.15, 0.2) is 0 Å². The minimum Gasteiger partial charge on any atom is -0.375 e. The summed E-state index contributed by atoms with van der Waals surface area (Å²) in [6.07, 6.45) is 3.98. The number of nitrogens with two attached hydrogens (primary N) is 1. The molecule has 2 rings (SSSR count). The number of anilines is 1. The molecule has 3 heteroatoms. The summed E-state index contributed by atoms with van der Waals surface area (Å²) in [5.74, 6) is 0.726. The minimum absolute atomic E-state index is 0.726. The molecular formula is C8H12N2S. The van der Waals surface area contributed by atoms with Crippen molar-refractivity contribution in [2.24, 2.45) is 0 Å². The van der Waals surface area contributed by atoms with E-state index in [1.807, 2.05) is 0 Å². The first-order valence-corrected chi connectivity index (χ1v) is 4.82. The van der Waals surface area contributed by atoms with E-state index >= 15 is 0 Å². The average Bonchev–Trinajstić information content (AvgIpc) is 2.07. The lowest BCUT2D eigenvalue weighted by atomic mass is 9.83. The highest BCUT2D eigenvalue weighted by Gasteiger charge is 2.23. The molecule has 0 radical (unpaired) electrons. The summed E-state index contributed by atoms with van der Waals surface area (Å²) in [4.78, 5) is 5.64. The molecule has 0 saturated heterocycles. The lowest BCUT2D eigenvalue weighted by Gasteiger charge is -2.23. The molecule has 11 heavy (non-hydrogen) atoms. The molecule has 2 nitrogen and oxygen atoms in total. The van der Waals surface area contributed by atoms with Gasteiger partial charge in [0.05, 0.1) is 5.69 Å². The van der Waals surface area contributed by atoms with Gasteiger partial charge in [0.25, 0.3) is 0 Å². The number of aryl methyl sites for hydroxylation is 1. The third-order valence-electron chi connectivity index (χ3n) is 2.34. The lowest BCUT2D eigenvalue weighted by Crippen LogP contribution is -2.10. The predicted octanol–water partition coefficient (Wildman–Crippen LogP) is 2.30. The quantitative estimate of drug-likeness (QED) is 0.698. The Kier molecular flexibility index (Phi) is 1.60. The largest absolute Gasteiger partial charge is 0.375 e. The summed E-state index contributed by atoms with van der Waals surface area (Å²) in [6.45, 7) is 2.11. The number of aromatic nitrogens is 1. The van der Waals surface area contributed by atoms with Gasteiger partial charge in [-0.3, -0.25) is 0 Å². The monoisotopic (exact) mass is 168 g/mol. The number of nitrogen functional groups attached to an aromatic ring is 1. The van der Waals surface area contributed by atoms with Crippen LogP contribution in [0.4, 0.5) is 5.13 Å². The second kappa shape index (κ2) is 2.48. The SMILES string of the molecule is Cc1sc(N)nc1C1CCC1. The second-order valence-corrected chi connectivity index (χ2v) is 4.36. The molecule has 0 unspecified atom stereocenters. The van der Waals surface area contributed by atoms with Crippen LogP contribution < -0.4 is 5.73 Å². The molecule has 1 aromatic rings. The van der Waals surface area contributed by atoms with Gasteiger partial charge in [0.2, 0.25) is 0 Å². The van der Waals surface area contributed by atoms with Crippen molar-refractivity contribution in [1.82, 2.24) is 4.98 Å². The molecule has 1 aromatic heterocycles. The van der Waals surface area contributed by atoms with Gasteiger partial charge in [0.15, 0.2) is 5.13 Å². The highest BCUT2D eigenvalue weighted by molar-refractivity contribution is 7.15. The number of hydrogen-bond donors (Lipinski definition) is 1. The van der Waals surface area contributed by atoms with Crippen LogP contribution >= 0.6 is 11.3 Å². The lowest BCUT2D eigenvalue weighted by molar-refractivity contribution is 0.411. The average molecular weight is 168 g/mol. The standard InChI is InChI=1S/C8H12N2S/c1-5-7(6-3-2-4-6)10-8(9)11-5/h6H,2-4H2,1H3,(H2,9,10). The van der Waals surface area contributed by atoms with Gasteiger partial charge >= 0.3 is 0 Å². The first kappa shape index (κ1) is 7.10. The van der Waals surface area contributed by atoms with Gasteiger partial charge in [-0.15, -0.1) is 11.3 Å². The summed E-state index contributed by atoms with van der Waals surface area (Å²) in [6, 6.07) is 0. The molecule has 0 bridgehead atoms. The van der Waals surface area contributed by atoms with E-state index in [0.29, 0.717) is 0 Å². The molecule has 1 aliphatic carbocycles. The first-order chi connectivity index (χ1) is 5.27. The van der Waals surface area contributed by atoms with Gasteiger partial charge in [0.1, 0.15) is 0 Å². The van der Waals surface area contributed by atoms with Crippen LogP contribution in [0.25, 0.3) is 0 Å². The Balaban J connectivity index is 2.28. The Hall–Kier alpha value is -0.570. The summed E-state index contributed by atoms with van der Waals surface area (Å²) < 4.78 is 0. The summed E-state index contributed by atoms with van der Waals surface area (Å²) in [5, 5.41) is 0.726. The van der Waals surface area contributed by atoms with Crippen molar-refractivity contribution in [1.29, 1.82) is 0 Å². The maximum atomic E-state index is 5.60. The van der Waals surface area contributed by atoms with Gasteiger partial charge in [-0.1, -0.05) is 6.42 Å². The Morgan fingerprint density at radius 3 is 2.64 bits per heavy atom. The van der Waals surface area contributed by atoms with Gasteiger partial charge in [0, 0.05) is 10.8 Å². The van der Waals surface area contributed by atoms with Crippen molar-refractivity contribution in [2.75, 3.05) is 5.73 Å². The van der Waals surface area contributed by atoms with Gasteiger partial charge < -0.3 is 5.73 Å². The fraction of sp³-hybridized carbons (Fsp3) is 0.625. The highest BCUT2D eigenvalue weighted by atomic mass is 32.1. The minimum atomic E-state index is 0.726. The molecule has 2 N–H and O–H groups in total. The summed E-state index contributed by atoms with van der Waals surface area (Å²) >= 11 is 1.61. The maximum Gasteiger partial charge on any atom is 0.180 e. The van der Waals surface area contributed by atoms with Crippen LogP contribution in [0.2, 0.25) is 0 Å². The Labute approximate surface area is 70.5 Å². The van der Waals surface area contributed by atoms with Crippen molar-refractivity contribution >= 4 is 16.5 Å². The van der Waals surface area contributed by atoms with Crippen molar-refractivity contribution in [3.8, 4) is 0 Å². The van der Waals surface area contributed by atoms with Crippen molar-refractivity contribution < 1.29 is 0 Å². The van der Waals surface area contributed by atoms with E-state index < -0.39 is 0 Å². The van der Waals surface area contributed by atoms with E-state index in [4.69, 9.17) is 5.73 Å². The molecule has 0 aromatic carbocycles. The van der Waals surface area contributed by atoms with E-state index in [2.05, 4.69) is 11.9 Å². The van der Waals surface area contributed by atoms with Crippen LogP contribution in [-0.4, -0.2) is 4.98 Å². The van der Waals surface area contributed by atoms with Crippen LogP contribution in [-0.2, 0) is 0 Å². The zero-order valence-corrected chi connectivity index (χ0v) is 7.45. The van der Waals surface area contributed by atoms with Crippen molar-refractivity contribution in [3.05, 3.63) is 10.6 Å². The molecule has 1 heterocycles. The molecular weight excluding hydrogens is 156 g/mol. The van der Waals surface area contributed by atoms with E-state index in [1.54, 1.807) is 11.3 Å². The number of nitrogens with zero attached hydrogens (tertiary/aromatic N) is 1. The normalized spacial score (nSPS) is 18.3. The zero-order valence-electron chi connectivity index (χ0n) is 6.63. The first-order valence-electron chi connectivity index (χ1n) is 4.00. The Morgan fingerprint density at radius 2 is 2.27 bits per heavy atom. The van der Waals surface area contributed by atoms with Crippen LogP contribution in [0.5, 0.6) is 0 Å². The molecule has 0 aliphatic heterocycles. The van der Waals surface area contributed by atoms with Crippen LogP contribution in [0.3, 0.4) is 0 Å². The third kappa shape index (κ3) is 1.13. The smallest absolute Gasteiger partial charge is 0.180 e. The molecule has 1 fully saturated rings. The molecule has 60 valence electrons. The van der Waals surface area contributed by atoms with E-state index in [0.717, 1.165) is 11.0 Å². The van der Waals surface area contributed by atoms with E-state index in [9.17, 15) is 0 Å². The predicted molar refractivity (Wildman–Crippen MR) is 47.9 cm³/mol. The van der Waals surface area contributed by atoms with Gasteiger partial charge in [-0.25, -0.2) is 4.98 Å². The topological polar surface area (TPSA) is 38.9 Å². The fourth-order valence-corrected chi connectivity index (χ4v) is 2.26. The molecule has 1 aliphatic rings. The molecule has 0 amide bonds. The van der Waals surface area contributed by atoms with E-state index in [1.165, 1.54) is 29.8 Å². The van der Waals surface area contributed by atoms with Crippen LogP contribution in [0.1, 0.15) is 35.8 Å². The fourth-order valence-electron chi connectivity index (χ4n) is 1.49. The molecule has 0 spiro atoms. The zero-order chi connectivity index (χ0) is 7.84. The number of hydrogen-bond acceptors (Lipinski definition) is 3. The van der Waals surface area contributed by atoms with Gasteiger partial charge in [-0.2, -0.15) is 0 Å².